The molecular formula is C7H16O2S. The van der Waals surface area contributed by atoms with Gasteiger partial charge in [-0.2, -0.15) is 11.8 Å². The van der Waals surface area contributed by atoms with Crippen LogP contribution in [0.4, 0.5) is 0 Å². The molecule has 0 radical (unpaired) electrons. The molecule has 0 aromatic heterocycles. The fourth-order valence-electron chi connectivity index (χ4n) is 0.643. The Morgan fingerprint density at radius 3 is 2.50 bits per heavy atom. The Hall–Kier alpha value is 0.270. The van der Waals surface area contributed by atoms with E-state index in [4.69, 9.17) is 10.2 Å². The van der Waals surface area contributed by atoms with Crippen LogP contribution in [0.25, 0.3) is 0 Å². The van der Waals surface area contributed by atoms with E-state index < -0.39 is 6.29 Å². The minimum Gasteiger partial charge on any atom is -0.367 e. The van der Waals surface area contributed by atoms with E-state index in [0.29, 0.717) is 5.75 Å². The summed E-state index contributed by atoms with van der Waals surface area (Å²) in [5.74, 6) is 1.50. The Labute approximate surface area is 66.6 Å². The fourth-order valence-corrected chi connectivity index (χ4v) is 1.43. The molecule has 0 bridgehead atoms. The number of rotatable bonds is 6. The second-order valence-electron chi connectivity index (χ2n) is 2.26. The number of unbranched alkanes of at least 4 members (excludes halogenated alkanes) is 2. The van der Waals surface area contributed by atoms with E-state index in [1.54, 1.807) is 11.8 Å². The van der Waals surface area contributed by atoms with Crippen molar-refractivity contribution in [1.29, 1.82) is 0 Å². The first-order valence-electron chi connectivity index (χ1n) is 3.71. The SMILES string of the molecule is CCCCCSCC(O)O. The van der Waals surface area contributed by atoms with Crippen molar-refractivity contribution in [3.05, 3.63) is 0 Å². The van der Waals surface area contributed by atoms with Gasteiger partial charge < -0.3 is 10.2 Å². The van der Waals surface area contributed by atoms with Gasteiger partial charge in [-0.05, 0) is 12.2 Å². The first-order valence-corrected chi connectivity index (χ1v) is 4.86. The van der Waals surface area contributed by atoms with Crippen LogP contribution in [0.3, 0.4) is 0 Å². The molecule has 0 saturated heterocycles. The highest BCUT2D eigenvalue weighted by Gasteiger charge is 1.95. The average Bonchev–Trinajstić information content (AvgIpc) is 1.87. The van der Waals surface area contributed by atoms with Crippen molar-refractivity contribution in [3.63, 3.8) is 0 Å². The van der Waals surface area contributed by atoms with Crippen LogP contribution in [0.2, 0.25) is 0 Å². The first-order chi connectivity index (χ1) is 4.77. The molecule has 0 spiro atoms. The van der Waals surface area contributed by atoms with Gasteiger partial charge in [0, 0.05) is 5.75 Å². The maximum Gasteiger partial charge on any atom is 0.160 e. The largest absolute Gasteiger partial charge is 0.367 e. The maximum absolute atomic E-state index is 8.44. The van der Waals surface area contributed by atoms with Gasteiger partial charge in [0.25, 0.3) is 0 Å². The van der Waals surface area contributed by atoms with Crippen LogP contribution in [0.15, 0.2) is 0 Å². The van der Waals surface area contributed by atoms with Crippen LogP contribution in [0.5, 0.6) is 0 Å². The molecule has 0 atom stereocenters. The Balaban J connectivity index is 2.77. The Morgan fingerprint density at radius 1 is 1.30 bits per heavy atom. The number of hydrogen-bond donors (Lipinski definition) is 2. The van der Waals surface area contributed by atoms with Gasteiger partial charge in [-0.15, -0.1) is 0 Å². The lowest BCUT2D eigenvalue weighted by molar-refractivity contribution is -0.0186. The lowest BCUT2D eigenvalue weighted by atomic mass is 10.3. The third-order valence-corrected chi connectivity index (χ3v) is 2.27. The standard InChI is InChI=1S/C7H16O2S/c1-2-3-4-5-10-6-7(8)9/h7-9H,2-6H2,1H3. The van der Waals surface area contributed by atoms with Crippen molar-refractivity contribution >= 4 is 11.8 Å². The molecule has 0 aromatic carbocycles. The molecule has 0 amide bonds. The predicted molar refractivity (Wildman–Crippen MR) is 45.1 cm³/mol. The van der Waals surface area contributed by atoms with Crippen molar-refractivity contribution in [2.75, 3.05) is 11.5 Å². The molecule has 2 N–H and O–H groups in total. The second-order valence-corrected chi connectivity index (χ2v) is 3.41. The van der Waals surface area contributed by atoms with Crippen LogP contribution < -0.4 is 0 Å². The summed E-state index contributed by atoms with van der Waals surface area (Å²) in [6.07, 6.45) is 2.52. The number of hydrogen-bond acceptors (Lipinski definition) is 3. The quantitative estimate of drug-likeness (QED) is 0.458. The van der Waals surface area contributed by atoms with Crippen LogP contribution in [-0.2, 0) is 0 Å². The van der Waals surface area contributed by atoms with E-state index in [2.05, 4.69) is 6.92 Å². The molecule has 2 nitrogen and oxygen atoms in total. The van der Waals surface area contributed by atoms with E-state index >= 15 is 0 Å². The summed E-state index contributed by atoms with van der Waals surface area (Å²) >= 11 is 1.60. The Bertz CT molecular complexity index is 66.6. The Morgan fingerprint density at radius 2 is 2.00 bits per heavy atom. The van der Waals surface area contributed by atoms with Gasteiger partial charge in [0.05, 0.1) is 0 Å². The second kappa shape index (κ2) is 7.38. The highest BCUT2D eigenvalue weighted by molar-refractivity contribution is 7.99. The van der Waals surface area contributed by atoms with Gasteiger partial charge in [-0.1, -0.05) is 19.8 Å². The molecule has 0 fully saturated rings. The van der Waals surface area contributed by atoms with Crippen molar-refractivity contribution in [2.24, 2.45) is 0 Å². The highest BCUT2D eigenvalue weighted by atomic mass is 32.2. The molecule has 0 heterocycles. The van der Waals surface area contributed by atoms with E-state index in [9.17, 15) is 0 Å². The summed E-state index contributed by atoms with van der Waals surface area (Å²) < 4.78 is 0. The topological polar surface area (TPSA) is 40.5 Å². The predicted octanol–water partition coefficient (Wildman–Crippen LogP) is 1.22. The molecule has 0 aliphatic rings. The van der Waals surface area contributed by atoms with E-state index in [-0.39, 0.29) is 0 Å². The van der Waals surface area contributed by atoms with E-state index in [1.807, 2.05) is 0 Å². The molecule has 0 rings (SSSR count). The average molecular weight is 164 g/mol. The fraction of sp³-hybridized carbons (Fsp3) is 1.00. The Kier molecular flexibility index (Phi) is 7.58. The van der Waals surface area contributed by atoms with Gasteiger partial charge in [0.15, 0.2) is 6.29 Å². The third kappa shape index (κ3) is 8.27. The third-order valence-electron chi connectivity index (χ3n) is 1.16. The van der Waals surface area contributed by atoms with Crippen molar-refractivity contribution in [3.8, 4) is 0 Å². The van der Waals surface area contributed by atoms with Crippen molar-refractivity contribution in [1.82, 2.24) is 0 Å². The zero-order valence-corrected chi connectivity index (χ0v) is 7.23. The number of aliphatic hydroxyl groups excluding tert-OH is 1. The molecule has 0 aromatic rings. The summed E-state index contributed by atoms with van der Waals surface area (Å²) in [6, 6.07) is 0. The van der Waals surface area contributed by atoms with Crippen LogP contribution >= 0.6 is 11.8 Å². The van der Waals surface area contributed by atoms with E-state index in [0.717, 1.165) is 5.75 Å². The summed E-state index contributed by atoms with van der Waals surface area (Å²) in [5.41, 5.74) is 0. The van der Waals surface area contributed by atoms with Gasteiger partial charge in [-0.3, -0.25) is 0 Å². The summed E-state index contributed by atoms with van der Waals surface area (Å²) in [7, 11) is 0. The summed E-state index contributed by atoms with van der Waals surface area (Å²) in [5, 5.41) is 16.9. The van der Waals surface area contributed by atoms with Crippen LogP contribution in [-0.4, -0.2) is 28.0 Å². The van der Waals surface area contributed by atoms with Crippen LogP contribution in [0.1, 0.15) is 26.2 Å². The van der Waals surface area contributed by atoms with Crippen molar-refractivity contribution < 1.29 is 10.2 Å². The lowest BCUT2D eigenvalue weighted by Gasteiger charge is -2.01. The minimum absolute atomic E-state index is 0.448. The lowest BCUT2D eigenvalue weighted by Crippen LogP contribution is -2.07. The number of aliphatic hydroxyl groups is 2. The normalized spacial score (nSPS) is 10.8. The minimum atomic E-state index is -1.13. The molecule has 62 valence electrons. The van der Waals surface area contributed by atoms with Gasteiger partial charge >= 0.3 is 0 Å². The summed E-state index contributed by atoms with van der Waals surface area (Å²) in [4.78, 5) is 0. The summed E-state index contributed by atoms with van der Waals surface area (Å²) in [6.45, 7) is 2.16. The molecule has 0 aliphatic carbocycles. The molecule has 10 heavy (non-hydrogen) atoms. The molecule has 0 unspecified atom stereocenters. The van der Waals surface area contributed by atoms with Gasteiger partial charge in [0.2, 0.25) is 0 Å². The highest BCUT2D eigenvalue weighted by Crippen LogP contribution is 2.06. The van der Waals surface area contributed by atoms with Gasteiger partial charge in [-0.25, -0.2) is 0 Å². The van der Waals surface area contributed by atoms with Crippen LogP contribution in [0, 0.1) is 0 Å². The molecule has 0 aliphatic heterocycles. The molecule has 0 saturated carbocycles. The van der Waals surface area contributed by atoms with Gasteiger partial charge in [0.1, 0.15) is 0 Å². The zero-order chi connectivity index (χ0) is 7.82. The zero-order valence-electron chi connectivity index (χ0n) is 6.42. The number of thioether (sulfide) groups is 1. The first kappa shape index (κ1) is 10.3. The van der Waals surface area contributed by atoms with Crippen molar-refractivity contribution in [2.45, 2.75) is 32.5 Å². The maximum atomic E-state index is 8.44. The monoisotopic (exact) mass is 164 g/mol. The van der Waals surface area contributed by atoms with E-state index in [1.165, 1.54) is 19.3 Å². The smallest absolute Gasteiger partial charge is 0.160 e. The molecular weight excluding hydrogens is 148 g/mol. The molecule has 3 heteroatoms.